The average molecular weight is 283 g/mol. The van der Waals surface area contributed by atoms with Gasteiger partial charge in [-0.15, -0.1) is 0 Å². The molecule has 0 heterocycles. The molecular formula is C15H25NO2S. The average Bonchev–Trinajstić information content (AvgIpc) is 2.38. The number of benzene rings is 1. The summed E-state index contributed by atoms with van der Waals surface area (Å²) in [6, 6.07) is 7.72. The van der Waals surface area contributed by atoms with Crippen LogP contribution in [0.5, 0.6) is 0 Å². The van der Waals surface area contributed by atoms with E-state index in [1.54, 1.807) is 19.1 Å². The van der Waals surface area contributed by atoms with Crippen molar-refractivity contribution in [2.45, 2.75) is 45.1 Å². The summed E-state index contributed by atoms with van der Waals surface area (Å²) in [6.45, 7) is 9.12. The molecule has 0 aliphatic heterocycles. The molecule has 1 atom stereocenters. The molecule has 0 radical (unpaired) electrons. The van der Waals surface area contributed by atoms with Crippen molar-refractivity contribution in [2.24, 2.45) is 5.92 Å². The summed E-state index contributed by atoms with van der Waals surface area (Å²) in [6.07, 6.45) is 0.929. The Morgan fingerprint density at radius 3 is 2.11 bits per heavy atom. The zero-order valence-electron chi connectivity index (χ0n) is 12.3. The van der Waals surface area contributed by atoms with Crippen molar-refractivity contribution in [1.29, 1.82) is 0 Å². The number of rotatable bonds is 7. The monoisotopic (exact) mass is 283 g/mol. The van der Waals surface area contributed by atoms with E-state index >= 15 is 0 Å². The first-order valence-corrected chi connectivity index (χ1v) is 8.61. The van der Waals surface area contributed by atoms with Crippen molar-refractivity contribution in [3.63, 3.8) is 0 Å². The van der Waals surface area contributed by atoms with Crippen molar-refractivity contribution in [2.75, 3.05) is 12.3 Å². The molecule has 1 N–H and O–H groups in total. The summed E-state index contributed by atoms with van der Waals surface area (Å²) in [4.78, 5) is 0.420. The van der Waals surface area contributed by atoms with Gasteiger partial charge < -0.3 is 5.32 Å². The first-order valence-electron chi connectivity index (χ1n) is 6.95. The van der Waals surface area contributed by atoms with E-state index in [0.717, 1.165) is 13.0 Å². The van der Waals surface area contributed by atoms with Crippen molar-refractivity contribution in [1.82, 2.24) is 5.32 Å². The number of hydrogen-bond acceptors (Lipinski definition) is 3. The van der Waals surface area contributed by atoms with Crippen LogP contribution in [0.1, 0.15) is 33.3 Å². The van der Waals surface area contributed by atoms with Gasteiger partial charge >= 0.3 is 0 Å². The van der Waals surface area contributed by atoms with Gasteiger partial charge in [0.25, 0.3) is 0 Å². The van der Waals surface area contributed by atoms with Gasteiger partial charge in [0, 0.05) is 6.04 Å². The van der Waals surface area contributed by atoms with Gasteiger partial charge in [-0.05, 0) is 36.6 Å². The van der Waals surface area contributed by atoms with E-state index in [4.69, 9.17) is 0 Å². The van der Waals surface area contributed by atoms with E-state index in [0.29, 0.717) is 16.9 Å². The molecule has 0 aliphatic carbocycles. The molecule has 1 aromatic rings. The topological polar surface area (TPSA) is 46.2 Å². The lowest BCUT2D eigenvalue weighted by Gasteiger charge is -2.21. The van der Waals surface area contributed by atoms with Gasteiger partial charge in [-0.25, -0.2) is 8.42 Å². The lowest BCUT2D eigenvalue weighted by Crippen LogP contribution is -2.35. The second-order valence-corrected chi connectivity index (χ2v) is 7.44. The molecule has 1 unspecified atom stereocenters. The highest BCUT2D eigenvalue weighted by Crippen LogP contribution is 2.15. The molecule has 0 amide bonds. The molecule has 108 valence electrons. The zero-order valence-corrected chi connectivity index (χ0v) is 13.1. The fourth-order valence-electron chi connectivity index (χ4n) is 2.06. The van der Waals surface area contributed by atoms with Crippen molar-refractivity contribution in [3.8, 4) is 0 Å². The third kappa shape index (κ3) is 4.62. The molecule has 1 aromatic carbocycles. The molecule has 0 spiro atoms. The maximum Gasteiger partial charge on any atom is 0.178 e. The standard InChI is InChI=1S/C15H25NO2S/c1-5-16-15(12(3)4)11-13-7-9-14(10-8-13)19(17,18)6-2/h7-10,12,15-16H,5-6,11H2,1-4H3. The maximum atomic E-state index is 11.7. The van der Waals surface area contributed by atoms with Gasteiger partial charge in [-0.1, -0.05) is 39.8 Å². The number of sulfone groups is 1. The molecule has 19 heavy (non-hydrogen) atoms. The third-order valence-corrected chi connectivity index (χ3v) is 5.14. The van der Waals surface area contributed by atoms with Crippen LogP contribution in [-0.2, 0) is 16.3 Å². The zero-order chi connectivity index (χ0) is 14.5. The molecule has 0 aliphatic rings. The second-order valence-electron chi connectivity index (χ2n) is 5.16. The van der Waals surface area contributed by atoms with Crippen LogP contribution in [0.15, 0.2) is 29.2 Å². The van der Waals surface area contributed by atoms with E-state index in [1.165, 1.54) is 5.56 Å². The van der Waals surface area contributed by atoms with Crippen LogP contribution in [0.2, 0.25) is 0 Å². The van der Waals surface area contributed by atoms with Crippen LogP contribution < -0.4 is 5.32 Å². The minimum Gasteiger partial charge on any atom is -0.314 e. The van der Waals surface area contributed by atoms with Gasteiger partial charge in [0.2, 0.25) is 0 Å². The fraction of sp³-hybridized carbons (Fsp3) is 0.600. The first kappa shape index (κ1) is 16.2. The predicted molar refractivity (Wildman–Crippen MR) is 80.2 cm³/mol. The normalized spacial score (nSPS) is 13.7. The largest absolute Gasteiger partial charge is 0.314 e. The summed E-state index contributed by atoms with van der Waals surface area (Å²) < 4.78 is 23.5. The van der Waals surface area contributed by atoms with E-state index in [9.17, 15) is 8.42 Å². The quantitative estimate of drug-likeness (QED) is 0.837. The third-order valence-electron chi connectivity index (χ3n) is 3.39. The summed E-state index contributed by atoms with van der Waals surface area (Å²) in [5.41, 5.74) is 1.18. The molecule has 0 saturated carbocycles. The van der Waals surface area contributed by atoms with E-state index < -0.39 is 9.84 Å². The van der Waals surface area contributed by atoms with Crippen molar-refractivity contribution < 1.29 is 8.42 Å². The van der Waals surface area contributed by atoms with Gasteiger partial charge in [0.15, 0.2) is 9.84 Å². The van der Waals surface area contributed by atoms with Gasteiger partial charge in [0.1, 0.15) is 0 Å². The van der Waals surface area contributed by atoms with Crippen LogP contribution >= 0.6 is 0 Å². The van der Waals surface area contributed by atoms with E-state index in [1.807, 2.05) is 12.1 Å². The fourth-order valence-corrected chi connectivity index (χ4v) is 2.94. The summed E-state index contributed by atoms with van der Waals surface area (Å²) >= 11 is 0. The van der Waals surface area contributed by atoms with Gasteiger partial charge in [-0.3, -0.25) is 0 Å². The minimum atomic E-state index is -3.09. The number of likely N-dealkylation sites (N-methyl/N-ethyl adjacent to an activating group) is 1. The minimum absolute atomic E-state index is 0.151. The molecule has 0 aromatic heterocycles. The molecule has 4 heteroatoms. The number of hydrogen-bond donors (Lipinski definition) is 1. The molecule has 0 bridgehead atoms. The Kier molecular flexibility index (Phi) is 6.01. The van der Waals surface area contributed by atoms with Gasteiger partial charge in [0.05, 0.1) is 10.6 Å². The van der Waals surface area contributed by atoms with Crippen LogP contribution in [0, 0.1) is 5.92 Å². The maximum absolute atomic E-state index is 11.7. The molecule has 0 saturated heterocycles. The smallest absolute Gasteiger partial charge is 0.178 e. The SMILES string of the molecule is CCNC(Cc1ccc(S(=O)(=O)CC)cc1)C(C)C. The lowest BCUT2D eigenvalue weighted by atomic mass is 9.96. The van der Waals surface area contributed by atoms with E-state index in [2.05, 4.69) is 26.1 Å². The van der Waals surface area contributed by atoms with Crippen LogP contribution in [0.3, 0.4) is 0 Å². The van der Waals surface area contributed by atoms with Crippen LogP contribution in [-0.4, -0.2) is 26.8 Å². The Morgan fingerprint density at radius 2 is 1.68 bits per heavy atom. The molecule has 3 nitrogen and oxygen atoms in total. The highest BCUT2D eigenvalue weighted by Gasteiger charge is 2.14. The Hall–Kier alpha value is -0.870. The second kappa shape index (κ2) is 7.06. The Labute approximate surface area is 117 Å². The van der Waals surface area contributed by atoms with E-state index in [-0.39, 0.29) is 5.75 Å². The number of nitrogens with one attached hydrogen (secondary N) is 1. The van der Waals surface area contributed by atoms with Crippen molar-refractivity contribution in [3.05, 3.63) is 29.8 Å². The highest BCUT2D eigenvalue weighted by atomic mass is 32.2. The van der Waals surface area contributed by atoms with Crippen LogP contribution in [0.25, 0.3) is 0 Å². The van der Waals surface area contributed by atoms with Crippen LogP contribution in [0.4, 0.5) is 0 Å². The first-order chi connectivity index (χ1) is 8.90. The summed E-state index contributed by atoms with van der Waals surface area (Å²) in [7, 11) is -3.09. The van der Waals surface area contributed by atoms with Crippen molar-refractivity contribution >= 4 is 9.84 Å². The highest BCUT2D eigenvalue weighted by molar-refractivity contribution is 7.91. The Balaban J connectivity index is 2.82. The van der Waals surface area contributed by atoms with Gasteiger partial charge in [-0.2, -0.15) is 0 Å². The Morgan fingerprint density at radius 1 is 1.11 bits per heavy atom. The summed E-state index contributed by atoms with van der Waals surface area (Å²) in [5.74, 6) is 0.706. The molecule has 0 fully saturated rings. The molecule has 1 rings (SSSR count). The summed E-state index contributed by atoms with van der Waals surface area (Å²) in [5, 5.41) is 3.47. The lowest BCUT2D eigenvalue weighted by molar-refractivity contribution is 0.405. The Bertz CT molecular complexity index is 477. The molecular weight excluding hydrogens is 258 g/mol. The predicted octanol–water partition coefficient (Wildman–Crippen LogP) is 2.66.